The van der Waals surface area contributed by atoms with Gasteiger partial charge < -0.3 is 10.8 Å². The molecule has 2 aliphatic carbocycles. The number of hydrogen-bond donors (Lipinski definition) is 3. The normalized spacial score (nSPS) is 13.7. The monoisotopic (exact) mass is 784 g/mol. The highest BCUT2D eigenvalue weighted by molar-refractivity contribution is 7.15. The molecule has 6 heterocycles. The Kier molecular flexibility index (Phi) is 14.4. The molecule has 1 amide bonds. The molecule has 6 aromatic heterocycles. The quantitative estimate of drug-likeness (QED) is 0.162. The van der Waals surface area contributed by atoms with E-state index in [0.29, 0.717) is 27.1 Å². The molecule has 0 bridgehead atoms. The third-order valence-corrected chi connectivity index (χ3v) is 10.8. The van der Waals surface area contributed by atoms with Crippen molar-refractivity contribution < 1.29 is 14.7 Å². The summed E-state index contributed by atoms with van der Waals surface area (Å²) < 4.78 is 3.00. The third-order valence-electron chi connectivity index (χ3n) is 9.19. The van der Waals surface area contributed by atoms with Crippen molar-refractivity contribution in [1.29, 1.82) is 0 Å². The number of carbonyl (C=O) groups excluding carboxylic acids is 1. The Morgan fingerprint density at radius 1 is 0.709 bits per heavy atom. The maximum atomic E-state index is 12.8. The molecule has 0 unspecified atom stereocenters. The number of fused-ring (bicyclic) bond motifs is 4. The smallest absolute Gasteiger partial charge is 0.335 e. The molecule has 13 nitrogen and oxygen atoms in total. The van der Waals surface area contributed by atoms with E-state index in [1.807, 2.05) is 27.7 Å². The summed E-state index contributed by atoms with van der Waals surface area (Å²) in [5, 5.41) is 13.0. The number of aromatic nitrogens is 6. The van der Waals surface area contributed by atoms with Gasteiger partial charge in [0.1, 0.15) is 11.3 Å². The van der Waals surface area contributed by atoms with Crippen molar-refractivity contribution in [3.05, 3.63) is 113 Å². The predicted molar refractivity (Wildman–Crippen MR) is 219 cm³/mol. The molecule has 0 aliphatic heterocycles. The summed E-state index contributed by atoms with van der Waals surface area (Å²) in [5.41, 5.74) is 10.2. The summed E-state index contributed by atoms with van der Waals surface area (Å²) in [4.78, 5) is 68.2. The van der Waals surface area contributed by atoms with Crippen LogP contribution in [0.5, 0.6) is 0 Å². The van der Waals surface area contributed by atoms with Crippen LogP contribution in [-0.2, 0) is 25.7 Å². The number of hydrogen-bond acceptors (Lipinski definition) is 11. The van der Waals surface area contributed by atoms with Gasteiger partial charge in [-0.1, -0.05) is 39.5 Å². The number of aryl methyl sites for hydroxylation is 4. The largest absolute Gasteiger partial charge is 0.478 e. The number of aromatic carboxylic acids is 1. The molecule has 0 atom stereocenters. The summed E-state index contributed by atoms with van der Waals surface area (Å²) >= 11 is 2.94. The van der Waals surface area contributed by atoms with Crippen LogP contribution in [0.3, 0.4) is 0 Å². The van der Waals surface area contributed by atoms with Crippen LogP contribution in [0.4, 0.5) is 10.3 Å². The van der Waals surface area contributed by atoms with Crippen LogP contribution in [-0.4, -0.2) is 45.7 Å². The first-order chi connectivity index (χ1) is 26.6. The van der Waals surface area contributed by atoms with Crippen molar-refractivity contribution in [2.75, 3.05) is 11.1 Å². The Labute approximate surface area is 327 Å². The highest BCUT2D eigenvalue weighted by Crippen LogP contribution is 2.20. The average Bonchev–Trinajstić information content (AvgIpc) is 3.75. The van der Waals surface area contributed by atoms with Crippen molar-refractivity contribution in [2.24, 2.45) is 0 Å². The topological polar surface area (TPSA) is 187 Å². The Balaban J connectivity index is 0.000000176. The molecule has 0 saturated carbocycles. The first-order valence-corrected chi connectivity index (χ1v) is 20.4. The molecule has 6 aromatic rings. The SMILES string of the molecule is CC.Cc1cnc(N)s1.Cc1cnc(NC(=O)c2ccn3c(=O)c4c(nc3c2)CCCCCC4)s1.O=C(O)c1ccn2c(=O)c3c(nc2c1)CCCCCC3. The van der Waals surface area contributed by atoms with Gasteiger partial charge in [-0.15, -0.1) is 22.7 Å². The fourth-order valence-electron chi connectivity index (χ4n) is 6.48. The Bertz CT molecular complexity index is 2380. The average molecular weight is 785 g/mol. The van der Waals surface area contributed by atoms with Gasteiger partial charge in [0.25, 0.3) is 17.0 Å². The maximum Gasteiger partial charge on any atom is 0.335 e. The number of pyridine rings is 2. The molecule has 15 heteroatoms. The predicted octanol–water partition coefficient (Wildman–Crippen LogP) is 7.48. The number of nitrogen functional groups attached to an aromatic ring is 1. The zero-order chi connectivity index (χ0) is 39.5. The summed E-state index contributed by atoms with van der Waals surface area (Å²) in [5.74, 6) is -1.25. The molecule has 0 aromatic carbocycles. The first kappa shape index (κ1) is 40.9. The second-order valence-electron chi connectivity index (χ2n) is 13.1. The second-order valence-corrected chi connectivity index (χ2v) is 15.6. The fraction of sp³-hybridized carbons (Fsp3) is 0.400. The molecular formula is C40H48N8O5S2. The van der Waals surface area contributed by atoms with Crippen LogP contribution >= 0.6 is 22.7 Å². The van der Waals surface area contributed by atoms with Crippen molar-refractivity contribution in [1.82, 2.24) is 28.7 Å². The zero-order valence-corrected chi connectivity index (χ0v) is 33.4. The van der Waals surface area contributed by atoms with E-state index in [2.05, 4.69) is 20.3 Å². The third kappa shape index (κ3) is 10.5. The number of amides is 1. The van der Waals surface area contributed by atoms with E-state index in [9.17, 15) is 19.2 Å². The lowest BCUT2D eigenvalue weighted by atomic mass is 9.98. The highest BCUT2D eigenvalue weighted by atomic mass is 32.1. The van der Waals surface area contributed by atoms with Gasteiger partial charge in [0, 0.05) is 51.2 Å². The van der Waals surface area contributed by atoms with Gasteiger partial charge in [-0.05, 0) is 89.5 Å². The van der Waals surface area contributed by atoms with Crippen LogP contribution in [0.25, 0.3) is 11.3 Å². The van der Waals surface area contributed by atoms with E-state index in [-0.39, 0.29) is 22.6 Å². The van der Waals surface area contributed by atoms with Crippen LogP contribution in [0.2, 0.25) is 0 Å². The van der Waals surface area contributed by atoms with Crippen molar-refractivity contribution in [3.63, 3.8) is 0 Å². The molecule has 0 radical (unpaired) electrons. The number of rotatable bonds is 3. The number of nitrogens with two attached hydrogens (primary N) is 1. The highest BCUT2D eigenvalue weighted by Gasteiger charge is 2.18. The standard InChI is InChI=1S/C19H20N4O2S.C15H16N2O3.C4H6N2S.C2H6/c1-12-11-20-19(26-12)22-17(24)13-8-9-23-16(10-13)21-15-7-5-3-2-4-6-14(15)18(23)25;18-14-11-5-3-1-2-4-6-12(11)16-13-9-10(15(19)20)7-8-17(13)14;1-3-2-6-4(5)7-3;1-2/h8-11H,2-7H2,1H3,(H,20,22,24);7-9H,1-6H2,(H,19,20);2H,1H3,(H2,5,6);1-2H3. The van der Waals surface area contributed by atoms with Crippen LogP contribution in [0.15, 0.2) is 58.6 Å². The van der Waals surface area contributed by atoms with Crippen molar-refractivity contribution >= 4 is 56.1 Å². The number of carboxylic acid groups (broad SMARTS) is 1. The van der Waals surface area contributed by atoms with E-state index in [1.165, 1.54) is 51.8 Å². The molecule has 4 N–H and O–H groups in total. The van der Waals surface area contributed by atoms with E-state index < -0.39 is 5.97 Å². The summed E-state index contributed by atoms with van der Waals surface area (Å²) in [7, 11) is 0. The molecule has 2 aliphatic rings. The van der Waals surface area contributed by atoms with E-state index in [0.717, 1.165) is 103 Å². The summed E-state index contributed by atoms with van der Waals surface area (Å²) in [6.07, 6.45) is 18.6. The lowest BCUT2D eigenvalue weighted by Crippen LogP contribution is -2.24. The van der Waals surface area contributed by atoms with Gasteiger partial charge in [-0.2, -0.15) is 0 Å². The van der Waals surface area contributed by atoms with E-state index in [4.69, 9.17) is 15.8 Å². The molecule has 0 saturated heterocycles. The van der Waals surface area contributed by atoms with Crippen molar-refractivity contribution in [2.45, 2.75) is 105 Å². The lowest BCUT2D eigenvalue weighted by Gasteiger charge is -2.14. The Morgan fingerprint density at radius 2 is 1.18 bits per heavy atom. The minimum absolute atomic E-state index is 0.00518. The fourth-order valence-corrected chi connectivity index (χ4v) is 7.68. The Morgan fingerprint density at radius 3 is 1.62 bits per heavy atom. The van der Waals surface area contributed by atoms with Crippen molar-refractivity contribution in [3.8, 4) is 0 Å². The molecule has 0 spiro atoms. The van der Waals surface area contributed by atoms with Crippen LogP contribution in [0, 0.1) is 13.8 Å². The van der Waals surface area contributed by atoms with Crippen LogP contribution in [0.1, 0.15) is 118 Å². The number of anilines is 2. The number of carbonyl (C=O) groups is 2. The van der Waals surface area contributed by atoms with Gasteiger partial charge in [0.2, 0.25) is 0 Å². The lowest BCUT2D eigenvalue weighted by molar-refractivity contribution is 0.0696. The minimum Gasteiger partial charge on any atom is -0.478 e. The number of carboxylic acids is 1. The Hall–Kier alpha value is -5.28. The number of nitrogens with zero attached hydrogens (tertiary/aromatic N) is 6. The summed E-state index contributed by atoms with van der Waals surface area (Å²) in [6, 6.07) is 6.23. The first-order valence-electron chi connectivity index (χ1n) is 18.8. The van der Waals surface area contributed by atoms with Gasteiger partial charge >= 0.3 is 5.97 Å². The van der Waals surface area contributed by atoms with Gasteiger partial charge in [-0.25, -0.2) is 24.7 Å². The summed E-state index contributed by atoms with van der Waals surface area (Å²) in [6.45, 7) is 7.92. The molecule has 55 heavy (non-hydrogen) atoms. The maximum absolute atomic E-state index is 12.8. The minimum atomic E-state index is -1.01. The molecule has 0 fully saturated rings. The van der Waals surface area contributed by atoms with Gasteiger partial charge in [0.15, 0.2) is 10.3 Å². The van der Waals surface area contributed by atoms with E-state index in [1.54, 1.807) is 35.1 Å². The molecule has 8 rings (SSSR count). The second kappa shape index (κ2) is 19.4. The van der Waals surface area contributed by atoms with Gasteiger partial charge in [0.05, 0.1) is 17.0 Å². The molecular weight excluding hydrogens is 737 g/mol. The van der Waals surface area contributed by atoms with Gasteiger partial charge in [-0.3, -0.25) is 28.5 Å². The van der Waals surface area contributed by atoms with E-state index >= 15 is 0 Å². The zero-order valence-electron chi connectivity index (χ0n) is 31.8. The van der Waals surface area contributed by atoms with Crippen LogP contribution < -0.4 is 22.2 Å². The number of nitrogens with one attached hydrogen (secondary N) is 1. The molecule has 290 valence electrons. The number of thiazole rings is 2.